The Bertz CT molecular complexity index is 317. The van der Waals surface area contributed by atoms with Gasteiger partial charge in [0.05, 0.1) is 19.3 Å². The first-order valence-corrected chi connectivity index (χ1v) is 6.95. The van der Waals surface area contributed by atoms with Crippen LogP contribution in [-0.4, -0.2) is 61.7 Å². The first kappa shape index (κ1) is 19.6. The van der Waals surface area contributed by atoms with Crippen LogP contribution in [-0.2, 0) is 14.3 Å². The van der Waals surface area contributed by atoms with Crippen LogP contribution in [0.25, 0.3) is 0 Å². The molecular formula is C13H27N3O5. The molecule has 0 aromatic rings. The summed E-state index contributed by atoms with van der Waals surface area (Å²) in [6.45, 7) is 6.51. The second kappa shape index (κ2) is 10.4. The van der Waals surface area contributed by atoms with Crippen LogP contribution in [0.5, 0.6) is 0 Å². The summed E-state index contributed by atoms with van der Waals surface area (Å²) >= 11 is 0. The molecule has 0 unspecified atom stereocenters. The molecule has 0 radical (unpaired) electrons. The van der Waals surface area contributed by atoms with Gasteiger partial charge in [0.15, 0.2) is 0 Å². The van der Waals surface area contributed by atoms with Gasteiger partial charge in [0.25, 0.3) is 0 Å². The molecule has 8 heteroatoms. The van der Waals surface area contributed by atoms with Gasteiger partial charge in [0.1, 0.15) is 5.60 Å². The Morgan fingerprint density at radius 2 is 1.76 bits per heavy atom. The molecule has 0 aromatic carbocycles. The Labute approximate surface area is 125 Å². The third-order valence-corrected chi connectivity index (χ3v) is 2.24. The standard InChI is InChI=1S/C13H27N3O5/c1-13(2,3)21-12(19)16-6-9-20-8-5-15-11(18)10(14)4-7-17/h10,17H,4-9,14H2,1-3H3,(H,15,18)(H,16,19)/t10-/m0/s1. The highest BCUT2D eigenvalue weighted by molar-refractivity contribution is 5.81. The van der Waals surface area contributed by atoms with E-state index in [1.54, 1.807) is 20.8 Å². The molecular weight excluding hydrogens is 278 g/mol. The number of hydrogen-bond donors (Lipinski definition) is 4. The van der Waals surface area contributed by atoms with Gasteiger partial charge in [-0.2, -0.15) is 0 Å². The van der Waals surface area contributed by atoms with Gasteiger partial charge in [-0.3, -0.25) is 4.79 Å². The molecule has 0 aliphatic heterocycles. The van der Waals surface area contributed by atoms with Gasteiger partial charge in [0.2, 0.25) is 5.91 Å². The largest absolute Gasteiger partial charge is 0.444 e. The highest BCUT2D eigenvalue weighted by atomic mass is 16.6. The number of amides is 2. The minimum atomic E-state index is -0.705. The summed E-state index contributed by atoms with van der Waals surface area (Å²) in [5.74, 6) is -0.320. The van der Waals surface area contributed by atoms with Crippen LogP contribution in [0.2, 0.25) is 0 Å². The van der Waals surface area contributed by atoms with E-state index in [0.29, 0.717) is 26.3 Å². The lowest BCUT2D eigenvalue weighted by Crippen LogP contribution is -2.42. The summed E-state index contributed by atoms with van der Waals surface area (Å²) < 4.78 is 10.3. The van der Waals surface area contributed by atoms with Crippen LogP contribution in [0, 0.1) is 0 Å². The summed E-state index contributed by atoms with van der Waals surface area (Å²) in [5, 5.41) is 13.8. The maximum atomic E-state index is 11.4. The predicted octanol–water partition coefficient (Wildman–Crippen LogP) is -0.646. The SMILES string of the molecule is CC(C)(C)OC(=O)NCCOCCNC(=O)[C@@H](N)CCO. The van der Waals surface area contributed by atoms with Crippen molar-refractivity contribution in [3.63, 3.8) is 0 Å². The summed E-state index contributed by atoms with van der Waals surface area (Å²) in [6.07, 6.45) is -0.263. The van der Waals surface area contributed by atoms with Crippen molar-refractivity contribution in [3.05, 3.63) is 0 Å². The minimum Gasteiger partial charge on any atom is -0.444 e. The fourth-order valence-electron chi connectivity index (χ4n) is 1.29. The van der Waals surface area contributed by atoms with Gasteiger partial charge in [-0.05, 0) is 27.2 Å². The zero-order chi connectivity index (χ0) is 16.3. The smallest absolute Gasteiger partial charge is 0.407 e. The third-order valence-electron chi connectivity index (χ3n) is 2.24. The van der Waals surface area contributed by atoms with Crippen LogP contribution < -0.4 is 16.4 Å². The van der Waals surface area contributed by atoms with Crippen molar-refractivity contribution >= 4 is 12.0 Å². The molecule has 8 nitrogen and oxygen atoms in total. The topological polar surface area (TPSA) is 123 Å². The molecule has 2 amide bonds. The van der Waals surface area contributed by atoms with Crippen LogP contribution >= 0.6 is 0 Å². The summed E-state index contributed by atoms with van der Waals surface area (Å²) in [7, 11) is 0. The van der Waals surface area contributed by atoms with E-state index in [2.05, 4.69) is 10.6 Å². The highest BCUT2D eigenvalue weighted by Gasteiger charge is 2.15. The van der Waals surface area contributed by atoms with Gasteiger partial charge in [-0.25, -0.2) is 4.79 Å². The molecule has 0 bridgehead atoms. The maximum absolute atomic E-state index is 11.4. The van der Waals surface area contributed by atoms with Crippen LogP contribution in [0.3, 0.4) is 0 Å². The Morgan fingerprint density at radius 1 is 1.19 bits per heavy atom. The number of carbonyl (C=O) groups is 2. The van der Waals surface area contributed by atoms with Crippen molar-refractivity contribution in [2.45, 2.75) is 38.8 Å². The summed E-state index contributed by atoms with van der Waals surface area (Å²) in [5.41, 5.74) is 4.97. The van der Waals surface area contributed by atoms with Crippen LogP contribution in [0.4, 0.5) is 4.79 Å². The molecule has 0 fully saturated rings. The summed E-state index contributed by atoms with van der Waals surface area (Å²) in [6, 6.07) is -0.705. The van der Waals surface area contributed by atoms with Gasteiger partial charge in [0, 0.05) is 19.7 Å². The Balaban J connectivity index is 3.49. The van der Waals surface area contributed by atoms with E-state index in [1.165, 1.54) is 0 Å². The highest BCUT2D eigenvalue weighted by Crippen LogP contribution is 2.05. The number of nitrogens with one attached hydrogen (secondary N) is 2. The summed E-state index contributed by atoms with van der Waals surface area (Å²) in [4.78, 5) is 22.7. The normalized spacial score (nSPS) is 12.6. The van der Waals surface area contributed by atoms with E-state index in [9.17, 15) is 9.59 Å². The number of aliphatic hydroxyl groups is 1. The number of hydrogen-bond acceptors (Lipinski definition) is 6. The predicted molar refractivity (Wildman–Crippen MR) is 77.7 cm³/mol. The van der Waals surface area contributed by atoms with Crippen LogP contribution in [0.15, 0.2) is 0 Å². The maximum Gasteiger partial charge on any atom is 0.407 e. The fraction of sp³-hybridized carbons (Fsp3) is 0.846. The molecule has 0 rings (SSSR count). The lowest BCUT2D eigenvalue weighted by molar-refractivity contribution is -0.122. The molecule has 124 valence electrons. The zero-order valence-electron chi connectivity index (χ0n) is 13.0. The van der Waals surface area contributed by atoms with Gasteiger partial charge < -0.3 is 30.9 Å². The number of alkyl carbamates (subject to hydrolysis) is 1. The molecule has 0 spiro atoms. The zero-order valence-corrected chi connectivity index (χ0v) is 13.0. The molecule has 5 N–H and O–H groups in total. The molecule has 21 heavy (non-hydrogen) atoms. The van der Waals surface area contributed by atoms with Crippen molar-refractivity contribution in [3.8, 4) is 0 Å². The number of rotatable bonds is 9. The van der Waals surface area contributed by atoms with Crippen molar-refractivity contribution in [2.75, 3.05) is 32.9 Å². The number of ether oxygens (including phenoxy) is 2. The first-order valence-electron chi connectivity index (χ1n) is 6.95. The number of carbonyl (C=O) groups excluding carboxylic acids is 2. The van der Waals surface area contributed by atoms with Crippen molar-refractivity contribution < 1.29 is 24.2 Å². The van der Waals surface area contributed by atoms with E-state index in [0.717, 1.165) is 0 Å². The van der Waals surface area contributed by atoms with E-state index in [1.807, 2.05) is 0 Å². The van der Waals surface area contributed by atoms with Gasteiger partial charge in [-0.15, -0.1) is 0 Å². The Morgan fingerprint density at radius 3 is 2.29 bits per heavy atom. The monoisotopic (exact) mass is 305 g/mol. The molecule has 0 saturated heterocycles. The Hall–Kier alpha value is -1.38. The second-order valence-corrected chi connectivity index (χ2v) is 5.45. The third kappa shape index (κ3) is 12.1. The molecule has 0 heterocycles. The Kier molecular flexibility index (Phi) is 9.68. The van der Waals surface area contributed by atoms with E-state index in [4.69, 9.17) is 20.3 Å². The average Bonchev–Trinajstić information content (AvgIpc) is 2.35. The van der Waals surface area contributed by atoms with Gasteiger partial charge >= 0.3 is 6.09 Å². The molecule has 1 atom stereocenters. The van der Waals surface area contributed by atoms with Crippen molar-refractivity contribution in [2.24, 2.45) is 5.73 Å². The number of aliphatic hydroxyl groups excluding tert-OH is 1. The lowest BCUT2D eigenvalue weighted by atomic mass is 10.2. The van der Waals surface area contributed by atoms with Gasteiger partial charge in [-0.1, -0.05) is 0 Å². The van der Waals surface area contributed by atoms with Crippen LogP contribution in [0.1, 0.15) is 27.2 Å². The van der Waals surface area contributed by atoms with Crippen molar-refractivity contribution in [1.29, 1.82) is 0 Å². The minimum absolute atomic E-state index is 0.124. The average molecular weight is 305 g/mol. The van der Waals surface area contributed by atoms with E-state index >= 15 is 0 Å². The van der Waals surface area contributed by atoms with Crippen molar-refractivity contribution in [1.82, 2.24) is 10.6 Å². The molecule has 0 saturated carbocycles. The van der Waals surface area contributed by atoms with E-state index < -0.39 is 17.7 Å². The van der Waals surface area contributed by atoms with E-state index in [-0.39, 0.29) is 18.9 Å². The molecule has 0 aliphatic carbocycles. The first-order chi connectivity index (χ1) is 9.76. The molecule has 0 aliphatic rings. The quantitative estimate of drug-likeness (QED) is 0.420. The number of nitrogens with two attached hydrogens (primary N) is 1. The fourth-order valence-corrected chi connectivity index (χ4v) is 1.29. The second-order valence-electron chi connectivity index (χ2n) is 5.45. The lowest BCUT2D eigenvalue weighted by Gasteiger charge is -2.19. The molecule has 0 aromatic heterocycles.